The first-order valence-electron chi connectivity index (χ1n) is 8.39. The van der Waals surface area contributed by atoms with Crippen molar-refractivity contribution in [3.63, 3.8) is 0 Å². The third kappa shape index (κ3) is 3.94. The van der Waals surface area contributed by atoms with Crippen molar-refractivity contribution < 1.29 is 4.74 Å². The van der Waals surface area contributed by atoms with Gasteiger partial charge >= 0.3 is 0 Å². The second-order valence-corrected chi connectivity index (χ2v) is 6.50. The maximum atomic E-state index is 5.59. The minimum atomic E-state index is 0.286. The van der Waals surface area contributed by atoms with Crippen molar-refractivity contribution in [1.29, 1.82) is 0 Å². The SMILES string of the molecule is Cc1nn(-c2ccccc2)c(C)c1CNC(=S)NCC1CCCO1. The number of hydrogen-bond acceptors (Lipinski definition) is 3. The first-order chi connectivity index (χ1) is 11.6. The Morgan fingerprint density at radius 3 is 2.79 bits per heavy atom. The van der Waals surface area contributed by atoms with E-state index in [-0.39, 0.29) is 6.10 Å². The Kier molecular flexibility index (Phi) is 5.48. The van der Waals surface area contributed by atoms with Crippen LogP contribution in [0, 0.1) is 13.8 Å². The van der Waals surface area contributed by atoms with Crippen LogP contribution in [0.3, 0.4) is 0 Å². The molecule has 2 aromatic rings. The maximum absolute atomic E-state index is 5.59. The first kappa shape index (κ1) is 16.9. The highest BCUT2D eigenvalue weighted by Crippen LogP contribution is 2.17. The lowest BCUT2D eigenvalue weighted by Crippen LogP contribution is -2.39. The molecule has 1 aromatic heterocycles. The standard InChI is InChI=1S/C18H24N4OS/c1-13-17(12-20-18(24)19-11-16-9-6-10-23-16)14(2)22(21-13)15-7-4-3-5-8-15/h3-5,7-8,16H,6,9-12H2,1-2H3,(H2,19,20,24). The van der Waals surface area contributed by atoms with E-state index in [0.29, 0.717) is 11.7 Å². The quantitative estimate of drug-likeness (QED) is 0.817. The summed E-state index contributed by atoms with van der Waals surface area (Å²) in [5.41, 5.74) is 4.41. The number of ether oxygens (including phenoxy) is 1. The van der Waals surface area contributed by atoms with Crippen LogP contribution in [0.5, 0.6) is 0 Å². The molecular weight excluding hydrogens is 320 g/mol. The maximum Gasteiger partial charge on any atom is 0.166 e. The van der Waals surface area contributed by atoms with Gasteiger partial charge in [0.1, 0.15) is 0 Å². The van der Waals surface area contributed by atoms with E-state index in [2.05, 4.69) is 34.8 Å². The fourth-order valence-corrected chi connectivity index (χ4v) is 3.15. The van der Waals surface area contributed by atoms with E-state index in [1.54, 1.807) is 0 Å². The van der Waals surface area contributed by atoms with Gasteiger partial charge in [0.15, 0.2) is 5.11 Å². The Morgan fingerprint density at radius 1 is 1.29 bits per heavy atom. The van der Waals surface area contributed by atoms with Crippen LogP contribution >= 0.6 is 12.2 Å². The van der Waals surface area contributed by atoms with Gasteiger partial charge in [-0.05, 0) is 51.0 Å². The molecular formula is C18H24N4OS. The number of benzene rings is 1. The van der Waals surface area contributed by atoms with Crippen LogP contribution in [0.2, 0.25) is 0 Å². The third-order valence-electron chi connectivity index (χ3n) is 4.38. The number of rotatable bonds is 5. The van der Waals surface area contributed by atoms with Gasteiger partial charge in [0.25, 0.3) is 0 Å². The van der Waals surface area contributed by atoms with Crippen molar-refractivity contribution in [2.75, 3.05) is 13.2 Å². The second-order valence-electron chi connectivity index (χ2n) is 6.10. The van der Waals surface area contributed by atoms with Crippen LogP contribution in [0.15, 0.2) is 30.3 Å². The van der Waals surface area contributed by atoms with Gasteiger partial charge in [-0.25, -0.2) is 4.68 Å². The molecule has 1 aliphatic heterocycles. The highest BCUT2D eigenvalue weighted by Gasteiger charge is 2.16. The van der Waals surface area contributed by atoms with E-state index in [9.17, 15) is 0 Å². The molecule has 3 rings (SSSR count). The summed E-state index contributed by atoms with van der Waals surface area (Å²) in [4.78, 5) is 0. The van der Waals surface area contributed by atoms with Gasteiger partial charge in [-0.1, -0.05) is 18.2 Å². The summed E-state index contributed by atoms with van der Waals surface area (Å²) in [6.45, 7) is 6.43. The zero-order valence-corrected chi connectivity index (χ0v) is 15.0. The fraction of sp³-hybridized carbons (Fsp3) is 0.444. The monoisotopic (exact) mass is 344 g/mol. The Morgan fingerprint density at radius 2 is 2.08 bits per heavy atom. The summed E-state index contributed by atoms with van der Waals surface area (Å²) in [6, 6.07) is 10.2. The Balaban J connectivity index is 1.59. The number of hydrogen-bond donors (Lipinski definition) is 2. The molecule has 0 saturated carbocycles. The van der Waals surface area contributed by atoms with Crippen LogP contribution in [0.4, 0.5) is 0 Å². The molecule has 0 radical (unpaired) electrons. The highest BCUT2D eigenvalue weighted by molar-refractivity contribution is 7.80. The Labute approximate surface area is 148 Å². The number of para-hydroxylation sites is 1. The molecule has 0 spiro atoms. The van der Waals surface area contributed by atoms with Gasteiger partial charge in [0.2, 0.25) is 0 Å². The van der Waals surface area contributed by atoms with Crippen LogP contribution in [0.25, 0.3) is 5.69 Å². The number of nitrogens with zero attached hydrogens (tertiary/aromatic N) is 2. The average molecular weight is 344 g/mol. The summed E-state index contributed by atoms with van der Waals surface area (Å²) in [5.74, 6) is 0. The van der Waals surface area contributed by atoms with Crippen LogP contribution in [-0.2, 0) is 11.3 Å². The van der Waals surface area contributed by atoms with Crippen molar-refractivity contribution in [2.45, 2.75) is 39.3 Å². The minimum Gasteiger partial charge on any atom is -0.376 e. The molecule has 24 heavy (non-hydrogen) atoms. The molecule has 1 fully saturated rings. The van der Waals surface area contributed by atoms with E-state index >= 15 is 0 Å². The molecule has 0 aliphatic carbocycles. The zero-order chi connectivity index (χ0) is 16.9. The van der Waals surface area contributed by atoms with Gasteiger partial charge < -0.3 is 15.4 Å². The van der Waals surface area contributed by atoms with Gasteiger partial charge in [0.05, 0.1) is 17.5 Å². The summed E-state index contributed by atoms with van der Waals surface area (Å²) >= 11 is 5.37. The number of thiocarbonyl (C=S) groups is 1. The van der Waals surface area contributed by atoms with Crippen molar-refractivity contribution in [1.82, 2.24) is 20.4 Å². The summed E-state index contributed by atoms with van der Waals surface area (Å²) in [5, 5.41) is 11.8. The van der Waals surface area contributed by atoms with Gasteiger partial charge in [-0.3, -0.25) is 0 Å². The lowest BCUT2D eigenvalue weighted by molar-refractivity contribution is 0.114. The Hall–Kier alpha value is -1.92. The van der Waals surface area contributed by atoms with Crippen LogP contribution in [-0.4, -0.2) is 34.1 Å². The molecule has 1 aliphatic rings. The van der Waals surface area contributed by atoms with Crippen molar-refractivity contribution in [3.05, 3.63) is 47.3 Å². The lowest BCUT2D eigenvalue weighted by atomic mass is 10.2. The van der Waals surface area contributed by atoms with Gasteiger partial charge in [-0.15, -0.1) is 0 Å². The molecule has 1 atom stereocenters. The third-order valence-corrected chi connectivity index (χ3v) is 4.67. The smallest absolute Gasteiger partial charge is 0.166 e. The molecule has 128 valence electrons. The molecule has 5 nitrogen and oxygen atoms in total. The van der Waals surface area contributed by atoms with E-state index in [1.165, 1.54) is 5.56 Å². The van der Waals surface area contributed by atoms with E-state index in [1.807, 2.05) is 29.8 Å². The molecule has 0 amide bonds. The summed E-state index contributed by atoms with van der Waals surface area (Å²) < 4.78 is 7.57. The fourth-order valence-electron chi connectivity index (χ4n) is 2.99. The van der Waals surface area contributed by atoms with E-state index in [0.717, 1.165) is 43.1 Å². The van der Waals surface area contributed by atoms with E-state index in [4.69, 9.17) is 17.0 Å². The molecule has 6 heteroatoms. The zero-order valence-electron chi connectivity index (χ0n) is 14.2. The molecule has 1 unspecified atom stereocenters. The molecule has 1 aromatic carbocycles. The number of aryl methyl sites for hydroxylation is 1. The number of nitrogens with one attached hydrogen (secondary N) is 2. The van der Waals surface area contributed by atoms with E-state index < -0.39 is 0 Å². The van der Waals surface area contributed by atoms with Crippen LogP contribution in [0.1, 0.15) is 29.8 Å². The second kappa shape index (κ2) is 7.77. The summed E-state index contributed by atoms with van der Waals surface area (Å²) in [7, 11) is 0. The van der Waals surface area contributed by atoms with Crippen molar-refractivity contribution in [2.24, 2.45) is 0 Å². The molecule has 0 bridgehead atoms. The summed E-state index contributed by atoms with van der Waals surface area (Å²) in [6.07, 6.45) is 2.54. The number of aromatic nitrogens is 2. The minimum absolute atomic E-state index is 0.286. The van der Waals surface area contributed by atoms with Gasteiger partial charge in [-0.2, -0.15) is 5.10 Å². The Bertz CT molecular complexity index is 693. The molecule has 1 saturated heterocycles. The normalized spacial score (nSPS) is 17.0. The lowest BCUT2D eigenvalue weighted by Gasteiger charge is -2.14. The predicted octanol–water partition coefficient (Wildman–Crippen LogP) is 2.63. The van der Waals surface area contributed by atoms with Crippen molar-refractivity contribution >= 4 is 17.3 Å². The van der Waals surface area contributed by atoms with Crippen LogP contribution < -0.4 is 10.6 Å². The average Bonchev–Trinajstić information content (AvgIpc) is 3.21. The first-order valence-corrected chi connectivity index (χ1v) is 8.80. The topological polar surface area (TPSA) is 51.1 Å². The van der Waals surface area contributed by atoms with Crippen molar-refractivity contribution in [3.8, 4) is 5.69 Å². The molecule has 2 heterocycles. The predicted molar refractivity (Wildman–Crippen MR) is 99.5 cm³/mol. The molecule has 2 N–H and O–H groups in total. The highest BCUT2D eigenvalue weighted by atomic mass is 32.1. The van der Waals surface area contributed by atoms with Gasteiger partial charge in [0, 0.05) is 31.0 Å². The largest absolute Gasteiger partial charge is 0.376 e.